The average molecular weight is 278 g/mol. The van der Waals surface area contributed by atoms with Gasteiger partial charge in [-0.1, -0.05) is 0 Å². The first-order valence-electron chi connectivity index (χ1n) is 5.76. The van der Waals surface area contributed by atoms with Crippen molar-refractivity contribution in [3.8, 4) is 0 Å². The lowest BCUT2D eigenvalue weighted by Gasteiger charge is -2.06. The minimum Gasteiger partial charge on any atom is -0.350 e. The molecule has 0 saturated heterocycles. The first-order chi connectivity index (χ1) is 9.58. The molecular weight excluding hydrogens is 267 g/mol. The van der Waals surface area contributed by atoms with Crippen molar-refractivity contribution in [2.75, 3.05) is 6.54 Å². The summed E-state index contributed by atoms with van der Waals surface area (Å²) in [6.45, 7) is 0.720. The van der Waals surface area contributed by atoms with Crippen molar-refractivity contribution < 1.29 is 14.1 Å². The molecule has 0 bridgehead atoms. The van der Waals surface area contributed by atoms with Crippen LogP contribution in [0.1, 0.15) is 10.4 Å². The Morgan fingerprint density at radius 3 is 2.95 bits per heavy atom. The number of imidazole rings is 1. The summed E-state index contributed by atoms with van der Waals surface area (Å²) in [7, 11) is 0. The maximum absolute atomic E-state index is 13.1. The number of carbonyl (C=O) groups is 1. The van der Waals surface area contributed by atoms with Crippen LogP contribution < -0.4 is 5.32 Å². The largest absolute Gasteiger partial charge is 0.350 e. The third-order valence-electron chi connectivity index (χ3n) is 2.61. The Balaban J connectivity index is 2.05. The normalized spacial score (nSPS) is 10.2. The number of nitro groups is 1. The quantitative estimate of drug-likeness (QED) is 0.660. The van der Waals surface area contributed by atoms with Crippen LogP contribution >= 0.6 is 0 Å². The zero-order chi connectivity index (χ0) is 14.5. The van der Waals surface area contributed by atoms with Gasteiger partial charge < -0.3 is 9.88 Å². The van der Waals surface area contributed by atoms with Crippen LogP contribution in [0, 0.1) is 15.9 Å². The second kappa shape index (κ2) is 5.91. The molecule has 2 rings (SSSR count). The summed E-state index contributed by atoms with van der Waals surface area (Å²) in [5.41, 5.74) is -0.716. The molecule has 20 heavy (non-hydrogen) atoms. The molecule has 0 aliphatic heterocycles. The number of hydrogen-bond acceptors (Lipinski definition) is 4. The van der Waals surface area contributed by atoms with Crippen molar-refractivity contribution in [1.29, 1.82) is 0 Å². The molecule has 104 valence electrons. The van der Waals surface area contributed by atoms with Crippen molar-refractivity contribution in [1.82, 2.24) is 14.9 Å². The summed E-state index contributed by atoms with van der Waals surface area (Å²) in [6, 6.07) is 2.77. The Morgan fingerprint density at radius 1 is 1.50 bits per heavy atom. The van der Waals surface area contributed by atoms with Gasteiger partial charge in [0.1, 0.15) is 11.4 Å². The lowest BCUT2D eigenvalue weighted by atomic mass is 10.1. The average Bonchev–Trinajstić information content (AvgIpc) is 2.91. The van der Waals surface area contributed by atoms with E-state index < -0.39 is 22.3 Å². The summed E-state index contributed by atoms with van der Waals surface area (Å²) in [5, 5.41) is 13.3. The molecule has 0 fully saturated rings. The van der Waals surface area contributed by atoms with Gasteiger partial charge in [-0.2, -0.15) is 0 Å². The third kappa shape index (κ3) is 3.16. The van der Waals surface area contributed by atoms with Crippen LogP contribution in [0.3, 0.4) is 0 Å². The second-order valence-corrected chi connectivity index (χ2v) is 3.97. The molecule has 0 aliphatic rings. The molecule has 2 aromatic rings. The van der Waals surface area contributed by atoms with Crippen LogP contribution in [-0.2, 0) is 6.54 Å². The molecular formula is C12H11FN4O3. The van der Waals surface area contributed by atoms with Crippen molar-refractivity contribution in [2.24, 2.45) is 0 Å². The van der Waals surface area contributed by atoms with E-state index in [-0.39, 0.29) is 12.1 Å². The van der Waals surface area contributed by atoms with Crippen molar-refractivity contribution >= 4 is 11.6 Å². The minimum absolute atomic E-state index is 0.253. The minimum atomic E-state index is -0.718. The summed E-state index contributed by atoms with van der Waals surface area (Å²) in [5.74, 6) is -1.38. The second-order valence-electron chi connectivity index (χ2n) is 3.97. The van der Waals surface area contributed by atoms with Gasteiger partial charge in [-0.15, -0.1) is 0 Å². The van der Waals surface area contributed by atoms with E-state index in [4.69, 9.17) is 0 Å². The predicted molar refractivity (Wildman–Crippen MR) is 67.6 cm³/mol. The zero-order valence-corrected chi connectivity index (χ0v) is 10.3. The van der Waals surface area contributed by atoms with Gasteiger partial charge in [0.15, 0.2) is 0 Å². The highest BCUT2D eigenvalue weighted by atomic mass is 19.1. The van der Waals surface area contributed by atoms with Gasteiger partial charge in [0, 0.05) is 31.5 Å². The molecule has 1 aromatic carbocycles. The third-order valence-corrected chi connectivity index (χ3v) is 2.61. The van der Waals surface area contributed by atoms with E-state index in [0.29, 0.717) is 6.54 Å². The molecule has 0 aliphatic carbocycles. The first kappa shape index (κ1) is 13.7. The van der Waals surface area contributed by atoms with E-state index in [1.165, 1.54) is 0 Å². The van der Waals surface area contributed by atoms with Gasteiger partial charge in [-0.05, 0) is 12.1 Å². The van der Waals surface area contributed by atoms with E-state index in [0.717, 1.165) is 18.2 Å². The van der Waals surface area contributed by atoms with Gasteiger partial charge in [-0.25, -0.2) is 9.37 Å². The van der Waals surface area contributed by atoms with Crippen LogP contribution in [0.2, 0.25) is 0 Å². The molecule has 0 unspecified atom stereocenters. The highest BCUT2D eigenvalue weighted by Crippen LogP contribution is 2.19. The fourth-order valence-electron chi connectivity index (χ4n) is 1.66. The summed E-state index contributed by atoms with van der Waals surface area (Å²) in [6.07, 6.45) is 4.90. The number of aromatic nitrogens is 2. The van der Waals surface area contributed by atoms with Gasteiger partial charge in [0.2, 0.25) is 0 Å². The number of nitrogens with one attached hydrogen (secondary N) is 1. The van der Waals surface area contributed by atoms with Crippen LogP contribution in [0.4, 0.5) is 10.1 Å². The summed E-state index contributed by atoms with van der Waals surface area (Å²) >= 11 is 0. The maximum Gasteiger partial charge on any atom is 0.282 e. The molecule has 1 N–H and O–H groups in total. The maximum atomic E-state index is 13.1. The number of hydrogen-bond donors (Lipinski definition) is 1. The van der Waals surface area contributed by atoms with Crippen LogP contribution in [0.25, 0.3) is 0 Å². The molecule has 1 amide bonds. The monoisotopic (exact) mass is 278 g/mol. The van der Waals surface area contributed by atoms with Crippen LogP contribution in [0.15, 0.2) is 36.9 Å². The predicted octanol–water partition coefficient (Wildman–Crippen LogP) is 1.36. The fourth-order valence-corrected chi connectivity index (χ4v) is 1.66. The zero-order valence-electron chi connectivity index (χ0n) is 10.3. The Morgan fingerprint density at radius 2 is 2.30 bits per heavy atom. The highest BCUT2D eigenvalue weighted by molar-refractivity contribution is 5.98. The number of nitro benzene ring substituents is 1. The number of benzene rings is 1. The summed E-state index contributed by atoms with van der Waals surface area (Å²) in [4.78, 5) is 25.8. The summed E-state index contributed by atoms with van der Waals surface area (Å²) < 4.78 is 14.8. The van der Waals surface area contributed by atoms with Crippen molar-refractivity contribution in [3.05, 3.63) is 58.4 Å². The Kier molecular flexibility index (Phi) is 4.04. The Hall–Kier alpha value is -2.77. The molecule has 8 heteroatoms. The first-order valence-corrected chi connectivity index (χ1v) is 5.76. The smallest absolute Gasteiger partial charge is 0.282 e. The van der Waals surface area contributed by atoms with Gasteiger partial charge in [-0.3, -0.25) is 14.9 Å². The van der Waals surface area contributed by atoms with Crippen LogP contribution in [-0.4, -0.2) is 26.9 Å². The SMILES string of the molecule is O=C(NCCn1ccnc1)c1cc(F)ccc1[N+](=O)[O-]. The topological polar surface area (TPSA) is 90.1 Å². The van der Waals surface area contributed by atoms with Gasteiger partial charge in [0.05, 0.1) is 11.3 Å². The molecule has 0 atom stereocenters. The van der Waals surface area contributed by atoms with Crippen molar-refractivity contribution in [3.63, 3.8) is 0 Å². The highest BCUT2D eigenvalue weighted by Gasteiger charge is 2.20. The fraction of sp³-hybridized carbons (Fsp3) is 0.167. The molecule has 1 aromatic heterocycles. The molecule has 0 spiro atoms. The number of nitrogens with zero attached hydrogens (tertiary/aromatic N) is 3. The number of halogens is 1. The lowest BCUT2D eigenvalue weighted by Crippen LogP contribution is -2.27. The van der Waals surface area contributed by atoms with E-state index in [2.05, 4.69) is 10.3 Å². The molecule has 0 radical (unpaired) electrons. The van der Waals surface area contributed by atoms with Gasteiger partial charge >= 0.3 is 0 Å². The lowest BCUT2D eigenvalue weighted by molar-refractivity contribution is -0.385. The van der Waals surface area contributed by atoms with Crippen molar-refractivity contribution in [2.45, 2.75) is 6.54 Å². The Labute approximate surface area is 113 Å². The van der Waals surface area contributed by atoms with E-state index in [9.17, 15) is 19.3 Å². The molecule has 1 heterocycles. The van der Waals surface area contributed by atoms with E-state index in [1.807, 2.05) is 0 Å². The molecule has 7 nitrogen and oxygen atoms in total. The molecule has 0 saturated carbocycles. The van der Waals surface area contributed by atoms with Gasteiger partial charge in [0.25, 0.3) is 11.6 Å². The number of carbonyl (C=O) groups excluding carboxylic acids is 1. The number of rotatable bonds is 5. The van der Waals surface area contributed by atoms with E-state index >= 15 is 0 Å². The number of amides is 1. The standard InChI is InChI=1S/C12H11FN4O3/c13-9-1-2-11(17(19)20)10(7-9)12(18)15-4-6-16-5-3-14-8-16/h1-3,5,7-8H,4,6H2,(H,15,18). The van der Waals surface area contributed by atoms with Crippen LogP contribution in [0.5, 0.6) is 0 Å². The Bertz CT molecular complexity index is 628. The van der Waals surface area contributed by atoms with E-state index in [1.54, 1.807) is 23.3 Å².